The van der Waals surface area contributed by atoms with Crippen molar-refractivity contribution < 1.29 is 14.4 Å². The maximum absolute atomic E-state index is 12.2. The number of nitrogens with one attached hydrogen (secondary N) is 2. The highest BCUT2D eigenvalue weighted by atomic mass is 79.9. The van der Waals surface area contributed by atoms with Crippen molar-refractivity contribution in [3.63, 3.8) is 0 Å². The van der Waals surface area contributed by atoms with E-state index in [-0.39, 0.29) is 17.0 Å². The van der Waals surface area contributed by atoms with Gasteiger partial charge in [-0.25, -0.2) is 0 Å². The molecule has 104 valence electrons. The van der Waals surface area contributed by atoms with Gasteiger partial charge in [0, 0.05) is 10.0 Å². The van der Waals surface area contributed by atoms with Gasteiger partial charge < -0.3 is 5.32 Å². The Hall–Kier alpha value is -2.47. The lowest BCUT2D eigenvalue weighted by atomic mass is 10.1. The Bertz CT molecular complexity index is 769. The highest BCUT2D eigenvalue weighted by Gasteiger charge is 2.29. The molecule has 0 bridgehead atoms. The molecule has 3 amide bonds. The van der Waals surface area contributed by atoms with Gasteiger partial charge in [-0.1, -0.05) is 22.0 Å². The molecule has 0 aliphatic carbocycles. The van der Waals surface area contributed by atoms with E-state index in [0.717, 1.165) is 4.47 Å². The molecule has 1 heterocycles. The van der Waals surface area contributed by atoms with Crippen molar-refractivity contribution in [3.8, 4) is 0 Å². The van der Waals surface area contributed by atoms with Crippen LogP contribution in [0.1, 0.15) is 31.1 Å². The summed E-state index contributed by atoms with van der Waals surface area (Å²) in [5.41, 5.74) is 1.26. The SMILES string of the molecule is O=C(Nc1cccc2c1C(=O)NC2=O)c1ccc(Br)cc1. The average molecular weight is 345 g/mol. The molecule has 0 aromatic heterocycles. The van der Waals surface area contributed by atoms with Gasteiger partial charge in [-0.2, -0.15) is 0 Å². The van der Waals surface area contributed by atoms with Crippen LogP contribution in [0.15, 0.2) is 46.9 Å². The number of carbonyl (C=O) groups is 3. The molecular formula is C15H9BrN2O3. The monoisotopic (exact) mass is 344 g/mol. The highest BCUT2D eigenvalue weighted by molar-refractivity contribution is 9.10. The number of fused-ring (bicyclic) bond motifs is 1. The van der Waals surface area contributed by atoms with E-state index < -0.39 is 11.8 Å². The van der Waals surface area contributed by atoms with Crippen molar-refractivity contribution in [1.29, 1.82) is 0 Å². The number of imide groups is 1. The Balaban J connectivity index is 1.93. The second kappa shape index (κ2) is 5.14. The quantitative estimate of drug-likeness (QED) is 0.822. The van der Waals surface area contributed by atoms with E-state index >= 15 is 0 Å². The summed E-state index contributed by atoms with van der Waals surface area (Å²) in [4.78, 5) is 35.5. The molecule has 2 aromatic rings. The molecule has 21 heavy (non-hydrogen) atoms. The number of rotatable bonds is 2. The summed E-state index contributed by atoms with van der Waals surface area (Å²) in [7, 11) is 0. The van der Waals surface area contributed by atoms with E-state index in [4.69, 9.17) is 0 Å². The standard InChI is InChI=1S/C15H9BrN2O3/c16-9-6-4-8(5-7-9)13(19)17-11-3-1-2-10-12(11)15(21)18-14(10)20/h1-7H,(H,17,19)(H,18,20,21). The molecule has 6 heteroatoms. The summed E-state index contributed by atoms with van der Waals surface area (Å²) in [6.45, 7) is 0. The largest absolute Gasteiger partial charge is 0.321 e. The van der Waals surface area contributed by atoms with Crippen molar-refractivity contribution >= 4 is 39.3 Å². The first kappa shape index (κ1) is 13.5. The smallest absolute Gasteiger partial charge is 0.261 e. The summed E-state index contributed by atoms with van der Waals surface area (Å²) in [6.07, 6.45) is 0. The average Bonchev–Trinajstić information content (AvgIpc) is 2.76. The fourth-order valence-electron chi connectivity index (χ4n) is 2.12. The summed E-state index contributed by atoms with van der Waals surface area (Å²) in [6, 6.07) is 11.6. The van der Waals surface area contributed by atoms with Crippen LogP contribution in [-0.4, -0.2) is 17.7 Å². The van der Waals surface area contributed by atoms with E-state index in [1.54, 1.807) is 42.5 Å². The first-order valence-electron chi connectivity index (χ1n) is 6.12. The van der Waals surface area contributed by atoms with Gasteiger partial charge in [0.1, 0.15) is 0 Å². The number of hydrogen-bond acceptors (Lipinski definition) is 3. The second-order valence-electron chi connectivity index (χ2n) is 4.47. The molecule has 1 aliphatic rings. The van der Waals surface area contributed by atoms with Gasteiger partial charge in [0.05, 0.1) is 16.8 Å². The second-order valence-corrected chi connectivity index (χ2v) is 5.39. The normalized spacial score (nSPS) is 12.8. The maximum Gasteiger partial charge on any atom is 0.261 e. The Morgan fingerprint density at radius 2 is 1.71 bits per heavy atom. The van der Waals surface area contributed by atoms with Crippen LogP contribution in [-0.2, 0) is 0 Å². The molecule has 2 aromatic carbocycles. The van der Waals surface area contributed by atoms with Gasteiger partial charge in [-0.15, -0.1) is 0 Å². The van der Waals surface area contributed by atoms with E-state index in [0.29, 0.717) is 11.3 Å². The van der Waals surface area contributed by atoms with Gasteiger partial charge in [0.15, 0.2) is 0 Å². The van der Waals surface area contributed by atoms with Crippen molar-refractivity contribution in [1.82, 2.24) is 5.32 Å². The third kappa shape index (κ3) is 2.45. The van der Waals surface area contributed by atoms with Crippen molar-refractivity contribution in [2.75, 3.05) is 5.32 Å². The predicted octanol–water partition coefficient (Wildman–Crippen LogP) is 2.59. The number of carbonyl (C=O) groups excluding carboxylic acids is 3. The fourth-order valence-corrected chi connectivity index (χ4v) is 2.38. The third-order valence-electron chi connectivity index (χ3n) is 3.12. The van der Waals surface area contributed by atoms with E-state index in [9.17, 15) is 14.4 Å². The number of amides is 3. The summed E-state index contributed by atoms with van der Waals surface area (Å²) in [5.74, 6) is -1.29. The summed E-state index contributed by atoms with van der Waals surface area (Å²) in [5, 5.41) is 4.87. The summed E-state index contributed by atoms with van der Waals surface area (Å²) < 4.78 is 0.865. The molecule has 0 spiro atoms. The molecule has 2 N–H and O–H groups in total. The topological polar surface area (TPSA) is 75.3 Å². The van der Waals surface area contributed by atoms with Gasteiger partial charge >= 0.3 is 0 Å². The first-order chi connectivity index (χ1) is 10.1. The van der Waals surface area contributed by atoms with E-state index in [1.165, 1.54) is 0 Å². The molecule has 0 unspecified atom stereocenters. The van der Waals surface area contributed by atoms with Crippen LogP contribution in [0.3, 0.4) is 0 Å². The van der Waals surface area contributed by atoms with Crippen LogP contribution in [0.25, 0.3) is 0 Å². The van der Waals surface area contributed by atoms with Crippen LogP contribution in [0, 0.1) is 0 Å². The zero-order valence-electron chi connectivity index (χ0n) is 10.6. The molecule has 0 radical (unpaired) electrons. The van der Waals surface area contributed by atoms with Crippen molar-refractivity contribution in [2.24, 2.45) is 0 Å². The minimum absolute atomic E-state index is 0.202. The van der Waals surface area contributed by atoms with Crippen LogP contribution in [0.5, 0.6) is 0 Å². The van der Waals surface area contributed by atoms with Crippen LogP contribution in [0.2, 0.25) is 0 Å². The number of hydrogen-bond donors (Lipinski definition) is 2. The Labute approximate surface area is 128 Å². The van der Waals surface area contributed by atoms with E-state index in [1.807, 2.05) is 0 Å². The number of benzene rings is 2. The lowest BCUT2D eigenvalue weighted by Gasteiger charge is -2.08. The van der Waals surface area contributed by atoms with Gasteiger partial charge in [-0.3, -0.25) is 19.7 Å². The minimum atomic E-state index is -0.498. The molecule has 3 rings (SSSR count). The molecule has 1 aliphatic heterocycles. The highest BCUT2D eigenvalue weighted by Crippen LogP contribution is 2.24. The number of halogens is 1. The minimum Gasteiger partial charge on any atom is -0.321 e. The molecule has 0 fully saturated rings. The lowest BCUT2D eigenvalue weighted by molar-refractivity contribution is 0.0879. The third-order valence-corrected chi connectivity index (χ3v) is 3.65. The van der Waals surface area contributed by atoms with Crippen LogP contribution < -0.4 is 10.6 Å². The summed E-state index contributed by atoms with van der Waals surface area (Å²) >= 11 is 3.29. The zero-order chi connectivity index (χ0) is 15.0. The maximum atomic E-state index is 12.2. The van der Waals surface area contributed by atoms with Gasteiger partial charge in [0.2, 0.25) is 0 Å². The Morgan fingerprint density at radius 1 is 1.00 bits per heavy atom. The lowest BCUT2D eigenvalue weighted by Crippen LogP contribution is -2.20. The zero-order valence-corrected chi connectivity index (χ0v) is 12.2. The van der Waals surface area contributed by atoms with Crippen molar-refractivity contribution in [3.05, 3.63) is 63.6 Å². The molecule has 0 saturated heterocycles. The Kier molecular flexibility index (Phi) is 3.31. The number of anilines is 1. The molecular weight excluding hydrogens is 336 g/mol. The van der Waals surface area contributed by atoms with Crippen LogP contribution >= 0.6 is 15.9 Å². The van der Waals surface area contributed by atoms with Crippen LogP contribution in [0.4, 0.5) is 5.69 Å². The Morgan fingerprint density at radius 3 is 2.43 bits per heavy atom. The molecule has 0 atom stereocenters. The fraction of sp³-hybridized carbons (Fsp3) is 0. The van der Waals surface area contributed by atoms with E-state index in [2.05, 4.69) is 26.6 Å². The predicted molar refractivity (Wildman–Crippen MR) is 80.3 cm³/mol. The molecule has 0 saturated carbocycles. The van der Waals surface area contributed by atoms with Gasteiger partial charge in [0.25, 0.3) is 17.7 Å². The molecule has 5 nitrogen and oxygen atoms in total. The van der Waals surface area contributed by atoms with Crippen molar-refractivity contribution in [2.45, 2.75) is 0 Å². The van der Waals surface area contributed by atoms with Gasteiger partial charge in [-0.05, 0) is 36.4 Å². The first-order valence-corrected chi connectivity index (χ1v) is 6.91.